The second-order valence-electron chi connectivity index (χ2n) is 12.9. The predicted octanol–water partition coefficient (Wildman–Crippen LogP) is 4.77. The van der Waals surface area contributed by atoms with E-state index in [4.69, 9.17) is 0 Å². The van der Waals surface area contributed by atoms with Gasteiger partial charge in [0.2, 0.25) is 10.0 Å². The number of rotatable bonds is 5. The van der Waals surface area contributed by atoms with Crippen LogP contribution in [0.3, 0.4) is 0 Å². The van der Waals surface area contributed by atoms with Crippen molar-refractivity contribution in [3.63, 3.8) is 0 Å². The molecule has 242 valence electrons. The molecule has 0 bridgehead atoms. The third-order valence-corrected chi connectivity index (χ3v) is 10.9. The van der Waals surface area contributed by atoms with Crippen molar-refractivity contribution >= 4 is 21.8 Å². The quantitative estimate of drug-likeness (QED) is 0.432. The molecule has 2 spiro atoms. The van der Waals surface area contributed by atoms with E-state index in [0.717, 1.165) is 54.1 Å². The summed E-state index contributed by atoms with van der Waals surface area (Å²) >= 11 is 0. The molecule has 4 saturated heterocycles. The van der Waals surface area contributed by atoms with Crippen LogP contribution in [0.4, 0.5) is 36.8 Å². The van der Waals surface area contributed by atoms with Crippen LogP contribution in [-0.4, -0.2) is 106 Å². The molecule has 5 rings (SSSR count). The first-order chi connectivity index (χ1) is 19.9. The van der Waals surface area contributed by atoms with Crippen LogP contribution in [0.5, 0.6) is 0 Å². The van der Waals surface area contributed by atoms with Crippen LogP contribution in [0.15, 0.2) is 18.2 Å². The van der Waals surface area contributed by atoms with Crippen molar-refractivity contribution in [1.82, 2.24) is 14.1 Å². The molecular formula is C28H38F6N4O4S. The van der Waals surface area contributed by atoms with Gasteiger partial charge in [0, 0.05) is 63.5 Å². The van der Waals surface area contributed by atoms with Crippen molar-refractivity contribution < 1.29 is 44.3 Å². The highest BCUT2D eigenvalue weighted by atomic mass is 32.2. The number of nitrogens with zero attached hydrogens (tertiary/aromatic N) is 4. The van der Waals surface area contributed by atoms with Gasteiger partial charge >= 0.3 is 18.4 Å². The molecule has 0 aliphatic carbocycles. The molecule has 0 N–H and O–H groups in total. The van der Waals surface area contributed by atoms with Crippen molar-refractivity contribution in [3.05, 3.63) is 29.3 Å². The fourth-order valence-corrected chi connectivity index (χ4v) is 8.16. The molecule has 1 amide bonds. The number of piperidine rings is 1. The lowest BCUT2D eigenvalue weighted by molar-refractivity contribution is -0.308. The van der Waals surface area contributed by atoms with Gasteiger partial charge in [-0.15, -0.1) is 0 Å². The molecule has 8 nitrogen and oxygen atoms in total. The number of hydrogen-bond donors (Lipinski definition) is 0. The topological polar surface area (TPSA) is 73.4 Å². The summed E-state index contributed by atoms with van der Waals surface area (Å²) in [6.07, 6.45) is -12.2. The summed E-state index contributed by atoms with van der Waals surface area (Å²) in [5.74, 6) is 0. The van der Waals surface area contributed by atoms with Crippen LogP contribution in [0.2, 0.25) is 0 Å². The molecule has 0 radical (unpaired) electrons. The molecule has 1 aromatic carbocycles. The van der Waals surface area contributed by atoms with Crippen molar-refractivity contribution in [1.29, 1.82) is 0 Å². The SMILES string of the molecule is Cc1ccc(CN2CCC3(CCN(C(=O)OC(C(F)(F)F)C(F)(F)F)C3)C2)c(N2CCC3(CC2)CCN(S(C)(=O)=O)C3)c1. The Morgan fingerprint density at radius 3 is 2.09 bits per heavy atom. The van der Waals surface area contributed by atoms with Gasteiger partial charge in [-0.05, 0) is 68.2 Å². The number of ether oxygens (including phenoxy) is 1. The Labute approximate surface area is 248 Å². The molecule has 1 atom stereocenters. The molecule has 4 aliphatic rings. The van der Waals surface area contributed by atoms with Gasteiger partial charge in [0.05, 0.1) is 6.26 Å². The largest absolute Gasteiger partial charge is 0.434 e. The summed E-state index contributed by atoms with van der Waals surface area (Å²) < 4.78 is 107. The zero-order chi connectivity index (χ0) is 31.4. The maximum atomic E-state index is 12.9. The summed E-state index contributed by atoms with van der Waals surface area (Å²) in [4.78, 5) is 17.9. The zero-order valence-corrected chi connectivity index (χ0v) is 25.1. The van der Waals surface area contributed by atoms with Crippen molar-refractivity contribution in [2.45, 2.75) is 64.0 Å². The number of halogens is 6. The van der Waals surface area contributed by atoms with Gasteiger partial charge in [-0.2, -0.15) is 26.3 Å². The molecule has 1 unspecified atom stereocenters. The summed E-state index contributed by atoms with van der Waals surface area (Å²) in [6, 6.07) is 6.29. The molecule has 4 aliphatic heterocycles. The predicted molar refractivity (Wildman–Crippen MR) is 147 cm³/mol. The molecule has 43 heavy (non-hydrogen) atoms. The van der Waals surface area contributed by atoms with Gasteiger partial charge in [0.15, 0.2) is 0 Å². The fraction of sp³-hybridized carbons (Fsp3) is 0.750. The Bertz CT molecular complexity index is 1300. The van der Waals surface area contributed by atoms with E-state index in [0.29, 0.717) is 45.6 Å². The summed E-state index contributed by atoms with van der Waals surface area (Å²) in [6.45, 7) is 6.73. The highest BCUT2D eigenvalue weighted by molar-refractivity contribution is 7.88. The van der Waals surface area contributed by atoms with Gasteiger partial charge in [-0.25, -0.2) is 17.5 Å². The van der Waals surface area contributed by atoms with E-state index in [2.05, 4.69) is 26.7 Å². The second-order valence-corrected chi connectivity index (χ2v) is 14.9. The Balaban J connectivity index is 1.20. The van der Waals surface area contributed by atoms with E-state index in [1.165, 1.54) is 6.26 Å². The average molecular weight is 641 g/mol. The molecular weight excluding hydrogens is 602 g/mol. The average Bonchev–Trinajstić information content (AvgIpc) is 3.62. The first-order valence-electron chi connectivity index (χ1n) is 14.5. The van der Waals surface area contributed by atoms with E-state index < -0.39 is 40.0 Å². The number of carbonyl (C=O) groups is 1. The van der Waals surface area contributed by atoms with E-state index >= 15 is 0 Å². The highest BCUT2D eigenvalue weighted by Crippen LogP contribution is 2.44. The maximum absolute atomic E-state index is 12.9. The third-order valence-electron chi connectivity index (χ3n) is 9.70. The molecule has 4 fully saturated rings. The minimum absolute atomic E-state index is 0.000610. The van der Waals surface area contributed by atoms with Crippen LogP contribution in [0, 0.1) is 17.8 Å². The van der Waals surface area contributed by atoms with Gasteiger partial charge in [-0.3, -0.25) is 4.90 Å². The zero-order valence-electron chi connectivity index (χ0n) is 24.3. The minimum atomic E-state index is -5.75. The number of likely N-dealkylation sites (tertiary alicyclic amines) is 2. The van der Waals surface area contributed by atoms with Gasteiger partial charge < -0.3 is 14.5 Å². The van der Waals surface area contributed by atoms with Crippen molar-refractivity contribution in [2.24, 2.45) is 10.8 Å². The van der Waals surface area contributed by atoms with Crippen LogP contribution in [0.1, 0.15) is 43.2 Å². The van der Waals surface area contributed by atoms with Gasteiger partial charge in [0.1, 0.15) is 0 Å². The molecule has 0 saturated carbocycles. The number of benzene rings is 1. The first kappa shape index (κ1) is 32.1. The summed E-state index contributed by atoms with van der Waals surface area (Å²) in [5, 5.41) is 0. The lowest BCUT2D eigenvalue weighted by atomic mass is 9.77. The molecule has 0 aromatic heterocycles. The van der Waals surface area contributed by atoms with Gasteiger partial charge in [0.25, 0.3) is 6.10 Å². The van der Waals surface area contributed by atoms with Crippen molar-refractivity contribution in [2.75, 3.05) is 63.5 Å². The van der Waals surface area contributed by atoms with Crippen LogP contribution < -0.4 is 4.90 Å². The van der Waals surface area contributed by atoms with E-state index in [1.807, 2.05) is 13.0 Å². The van der Waals surface area contributed by atoms with Gasteiger partial charge in [-0.1, -0.05) is 12.1 Å². The van der Waals surface area contributed by atoms with Crippen molar-refractivity contribution in [3.8, 4) is 0 Å². The third kappa shape index (κ3) is 7.03. The van der Waals surface area contributed by atoms with E-state index in [-0.39, 0.29) is 18.5 Å². The number of aryl methyl sites for hydroxylation is 1. The van der Waals surface area contributed by atoms with E-state index in [1.54, 1.807) is 4.31 Å². The summed E-state index contributed by atoms with van der Waals surface area (Å²) in [5.41, 5.74) is 2.94. The minimum Gasteiger partial charge on any atom is -0.426 e. The second kappa shape index (κ2) is 11.3. The Morgan fingerprint density at radius 1 is 0.884 bits per heavy atom. The number of amides is 1. The fourth-order valence-electron chi connectivity index (χ4n) is 7.23. The monoisotopic (exact) mass is 640 g/mol. The van der Waals surface area contributed by atoms with Crippen LogP contribution in [0.25, 0.3) is 0 Å². The Hall–Kier alpha value is -2.26. The number of sulfonamides is 1. The lowest BCUT2D eigenvalue weighted by Gasteiger charge is -2.41. The number of alkyl halides is 6. The number of carbonyl (C=O) groups excluding carboxylic acids is 1. The Kier molecular flexibility index (Phi) is 8.43. The molecule has 4 heterocycles. The molecule has 1 aromatic rings. The van der Waals surface area contributed by atoms with Crippen LogP contribution in [-0.2, 0) is 21.3 Å². The standard InChI is InChI=1S/C28H38F6N4O4S/c1-20-3-4-21(22(15-20)36-11-6-25(7-12-36)9-14-38(19-25)43(2,40)41)16-35-10-5-26(17-35)8-13-37(18-26)24(39)42-23(27(29,30)31)28(32,33)34/h3-4,15,23H,5-14,16-19H2,1-2H3. The lowest BCUT2D eigenvalue weighted by Crippen LogP contribution is -2.48. The summed E-state index contributed by atoms with van der Waals surface area (Å²) in [7, 11) is -3.21. The van der Waals surface area contributed by atoms with Crippen LogP contribution >= 0.6 is 0 Å². The first-order valence-corrected chi connectivity index (χ1v) is 16.3. The molecule has 15 heteroatoms. The normalized spacial score (nSPS) is 25.5. The van der Waals surface area contributed by atoms with E-state index in [9.17, 15) is 39.6 Å². The highest BCUT2D eigenvalue weighted by Gasteiger charge is 2.60. The smallest absolute Gasteiger partial charge is 0.426 e. The number of anilines is 1. The Morgan fingerprint density at radius 2 is 1.49 bits per heavy atom. The number of hydrogen-bond acceptors (Lipinski definition) is 6. The maximum Gasteiger partial charge on any atom is 0.434 e.